The molecule has 7 heteroatoms. The first-order chi connectivity index (χ1) is 11.5. The molecule has 2 rings (SSSR count). The van der Waals surface area contributed by atoms with Gasteiger partial charge in [-0.15, -0.1) is 0 Å². The van der Waals surface area contributed by atoms with E-state index in [1.807, 2.05) is 6.07 Å². The highest BCUT2D eigenvalue weighted by Gasteiger charge is 2.20. The summed E-state index contributed by atoms with van der Waals surface area (Å²) in [5.41, 5.74) is 0.538. The second kappa shape index (κ2) is 8.34. The van der Waals surface area contributed by atoms with Crippen molar-refractivity contribution in [3.05, 3.63) is 64.1 Å². The number of ether oxygens (including phenoxy) is 1. The van der Waals surface area contributed by atoms with Gasteiger partial charge in [-0.25, -0.2) is 4.79 Å². The van der Waals surface area contributed by atoms with Crippen molar-refractivity contribution >= 4 is 40.8 Å². The fraction of sp³-hybridized carbons (Fsp3) is 0.118. The summed E-state index contributed by atoms with van der Waals surface area (Å²) in [4.78, 5) is 25.6. The van der Waals surface area contributed by atoms with Crippen LogP contribution in [0.15, 0.2) is 48.5 Å². The van der Waals surface area contributed by atoms with Gasteiger partial charge in [-0.2, -0.15) is 5.26 Å². The van der Waals surface area contributed by atoms with Crippen LogP contribution in [0.3, 0.4) is 0 Å². The predicted molar refractivity (Wildman–Crippen MR) is 91.2 cm³/mol. The Labute approximate surface area is 149 Å². The van der Waals surface area contributed by atoms with E-state index in [0.717, 1.165) is 0 Å². The number of para-hydroxylation sites is 1. The molecule has 0 unspecified atom stereocenters. The Bertz CT molecular complexity index is 768. The van der Waals surface area contributed by atoms with Crippen molar-refractivity contribution in [2.24, 2.45) is 0 Å². The first kappa shape index (κ1) is 17.8. The lowest BCUT2D eigenvalue weighted by Crippen LogP contribution is -2.35. The van der Waals surface area contributed by atoms with E-state index in [4.69, 9.17) is 33.2 Å². The highest BCUT2D eigenvalue weighted by atomic mass is 35.5. The van der Waals surface area contributed by atoms with Gasteiger partial charge in [0.05, 0.1) is 21.7 Å². The molecule has 0 aliphatic heterocycles. The fourth-order valence-corrected chi connectivity index (χ4v) is 2.52. The minimum Gasteiger partial charge on any atom is -0.452 e. The molecular formula is C17H12Cl2N2O3. The molecule has 0 aliphatic rings. The van der Waals surface area contributed by atoms with Gasteiger partial charge in [0.15, 0.2) is 6.61 Å². The van der Waals surface area contributed by atoms with Crippen LogP contribution in [-0.2, 0) is 9.53 Å². The topological polar surface area (TPSA) is 70.4 Å². The van der Waals surface area contributed by atoms with Gasteiger partial charge >= 0.3 is 5.97 Å². The highest BCUT2D eigenvalue weighted by Crippen LogP contribution is 2.25. The smallest absolute Gasteiger partial charge is 0.341 e. The molecule has 5 nitrogen and oxygen atoms in total. The van der Waals surface area contributed by atoms with E-state index in [1.165, 1.54) is 17.0 Å². The summed E-state index contributed by atoms with van der Waals surface area (Å²) >= 11 is 11.8. The molecule has 0 spiro atoms. The Kier molecular flexibility index (Phi) is 6.19. The maximum atomic E-state index is 12.3. The van der Waals surface area contributed by atoms with Crippen LogP contribution in [0, 0.1) is 11.3 Å². The summed E-state index contributed by atoms with van der Waals surface area (Å²) < 4.78 is 4.99. The van der Waals surface area contributed by atoms with E-state index in [2.05, 4.69) is 0 Å². The third-order valence-corrected chi connectivity index (χ3v) is 3.72. The number of halogens is 2. The van der Waals surface area contributed by atoms with Crippen LogP contribution in [-0.4, -0.2) is 25.0 Å². The molecule has 0 N–H and O–H groups in total. The predicted octanol–water partition coefficient (Wildman–Crippen LogP) is 3.71. The molecule has 2 aromatic carbocycles. The van der Waals surface area contributed by atoms with Gasteiger partial charge < -0.3 is 4.74 Å². The van der Waals surface area contributed by atoms with Crippen molar-refractivity contribution < 1.29 is 14.3 Å². The molecule has 0 atom stereocenters. The Hall–Kier alpha value is -2.55. The van der Waals surface area contributed by atoms with Crippen LogP contribution in [0.2, 0.25) is 10.0 Å². The Morgan fingerprint density at radius 2 is 1.67 bits per heavy atom. The van der Waals surface area contributed by atoms with Gasteiger partial charge in [0, 0.05) is 5.69 Å². The van der Waals surface area contributed by atoms with E-state index in [0.29, 0.717) is 5.69 Å². The van der Waals surface area contributed by atoms with Crippen LogP contribution in [0.4, 0.5) is 5.69 Å². The normalized spacial score (nSPS) is 9.88. The number of carbonyl (C=O) groups excluding carboxylic acids is 2. The molecule has 0 fully saturated rings. The highest BCUT2D eigenvalue weighted by molar-refractivity contribution is 6.39. The monoisotopic (exact) mass is 362 g/mol. The number of hydrogen-bond donors (Lipinski definition) is 0. The molecule has 0 aliphatic carbocycles. The van der Waals surface area contributed by atoms with Crippen molar-refractivity contribution in [1.29, 1.82) is 5.26 Å². The van der Waals surface area contributed by atoms with Gasteiger partial charge in [0.1, 0.15) is 6.54 Å². The third kappa shape index (κ3) is 4.25. The van der Waals surface area contributed by atoms with E-state index in [9.17, 15) is 9.59 Å². The second-order valence-corrected chi connectivity index (χ2v) is 5.46. The summed E-state index contributed by atoms with van der Waals surface area (Å²) in [5, 5.41) is 9.16. The molecule has 0 saturated carbocycles. The number of nitriles is 1. The minimum atomic E-state index is -0.802. The summed E-state index contributed by atoms with van der Waals surface area (Å²) in [7, 11) is 0. The molecule has 0 bridgehead atoms. The van der Waals surface area contributed by atoms with Crippen molar-refractivity contribution in [3.8, 4) is 6.07 Å². The zero-order valence-electron chi connectivity index (χ0n) is 12.4. The van der Waals surface area contributed by atoms with Crippen LogP contribution in [0.1, 0.15) is 10.4 Å². The number of amides is 1. The standard InChI is InChI=1S/C17H12Cl2N2O3/c18-13-7-4-8-14(19)16(13)17(23)24-11-15(22)21(10-9-20)12-5-2-1-3-6-12/h1-8H,10-11H2. The molecule has 0 aromatic heterocycles. The molecule has 0 radical (unpaired) electrons. The Balaban J connectivity index is 2.08. The number of hydrogen-bond acceptors (Lipinski definition) is 4. The Morgan fingerprint density at radius 3 is 2.25 bits per heavy atom. The zero-order valence-corrected chi connectivity index (χ0v) is 13.9. The van der Waals surface area contributed by atoms with Gasteiger partial charge in [0.2, 0.25) is 0 Å². The zero-order chi connectivity index (χ0) is 17.5. The third-order valence-electron chi connectivity index (χ3n) is 3.09. The van der Waals surface area contributed by atoms with E-state index < -0.39 is 18.5 Å². The van der Waals surface area contributed by atoms with Crippen molar-refractivity contribution in [2.45, 2.75) is 0 Å². The first-order valence-corrected chi connectivity index (χ1v) is 7.63. The van der Waals surface area contributed by atoms with E-state index >= 15 is 0 Å². The maximum absolute atomic E-state index is 12.3. The maximum Gasteiger partial charge on any atom is 0.341 e. The van der Waals surface area contributed by atoms with Crippen LogP contribution in [0.5, 0.6) is 0 Å². The lowest BCUT2D eigenvalue weighted by Gasteiger charge is -2.19. The van der Waals surface area contributed by atoms with Gasteiger partial charge in [-0.3, -0.25) is 9.69 Å². The summed E-state index contributed by atoms with van der Waals surface area (Å²) in [5.74, 6) is -1.33. The number of benzene rings is 2. The number of nitrogens with zero attached hydrogens (tertiary/aromatic N) is 2. The SMILES string of the molecule is N#CCN(C(=O)COC(=O)c1c(Cl)cccc1Cl)c1ccccc1. The number of anilines is 1. The van der Waals surface area contributed by atoms with Crippen LogP contribution >= 0.6 is 23.2 Å². The van der Waals surface area contributed by atoms with Crippen LogP contribution < -0.4 is 4.90 Å². The molecule has 0 heterocycles. The van der Waals surface area contributed by atoms with Crippen LogP contribution in [0.25, 0.3) is 0 Å². The first-order valence-electron chi connectivity index (χ1n) is 6.88. The van der Waals surface area contributed by atoms with Gasteiger partial charge in [-0.05, 0) is 24.3 Å². The number of esters is 1. The number of rotatable bonds is 5. The largest absolute Gasteiger partial charge is 0.452 e. The van der Waals surface area contributed by atoms with E-state index in [1.54, 1.807) is 36.4 Å². The fourth-order valence-electron chi connectivity index (χ4n) is 1.97. The number of carbonyl (C=O) groups is 2. The molecule has 24 heavy (non-hydrogen) atoms. The average molecular weight is 363 g/mol. The second-order valence-electron chi connectivity index (χ2n) is 4.65. The van der Waals surface area contributed by atoms with Crippen molar-refractivity contribution in [2.75, 3.05) is 18.1 Å². The molecular weight excluding hydrogens is 351 g/mol. The van der Waals surface area contributed by atoms with Gasteiger partial charge in [-0.1, -0.05) is 47.5 Å². The molecule has 1 amide bonds. The minimum absolute atomic E-state index is 0.000164. The molecule has 122 valence electrons. The quantitative estimate of drug-likeness (QED) is 0.600. The molecule has 0 saturated heterocycles. The van der Waals surface area contributed by atoms with E-state index in [-0.39, 0.29) is 22.2 Å². The lowest BCUT2D eigenvalue weighted by atomic mass is 10.2. The summed E-state index contributed by atoms with van der Waals surface area (Å²) in [6.45, 7) is -0.690. The van der Waals surface area contributed by atoms with Crippen molar-refractivity contribution in [1.82, 2.24) is 0 Å². The average Bonchev–Trinajstić information content (AvgIpc) is 2.58. The molecule has 2 aromatic rings. The van der Waals surface area contributed by atoms with Crippen molar-refractivity contribution in [3.63, 3.8) is 0 Å². The summed E-state index contributed by atoms with van der Waals surface area (Å²) in [6.07, 6.45) is 0. The lowest BCUT2D eigenvalue weighted by molar-refractivity contribution is -0.121. The van der Waals surface area contributed by atoms with Gasteiger partial charge in [0.25, 0.3) is 5.91 Å². The summed E-state index contributed by atoms with van der Waals surface area (Å²) in [6, 6.07) is 15.1. The Morgan fingerprint density at radius 1 is 1.04 bits per heavy atom.